The van der Waals surface area contributed by atoms with Crippen molar-refractivity contribution in [1.82, 2.24) is 9.78 Å². The number of hydrogen-bond acceptors (Lipinski definition) is 1. The topological polar surface area (TPSA) is 17.8 Å². The van der Waals surface area contributed by atoms with Crippen LogP contribution in [0.15, 0.2) is 30.6 Å². The lowest BCUT2D eigenvalue weighted by molar-refractivity contribution is 0.871. The Morgan fingerprint density at radius 2 is 2.20 bits per heavy atom. The van der Waals surface area contributed by atoms with Crippen LogP contribution in [0.3, 0.4) is 0 Å². The molecule has 1 heterocycles. The minimum absolute atomic E-state index is 0.423. The van der Waals surface area contributed by atoms with E-state index in [4.69, 9.17) is 23.2 Å². The molecule has 0 saturated heterocycles. The molecule has 1 aromatic carbocycles. The quantitative estimate of drug-likeness (QED) is 0.592. The Bertz CT molecular complexity index is 482. The highest BCUT2D eigenvalue weighted by atomic mass is 127. The number of rotatable bonds is 2. The zero-order chi connectivity index (χ0) is 10.8. The predicted molar refractivity (Wildman–Crippen MR) is 70.8 cm³/mol. The number of halogens is 3. The van der Waals surface area contributed by atoms with Crippen LogP contribution in [0, 0.1) is 3.57 Å². The van der Waals surface area contributed by atoms with Crippen molar-refractivity contribution in [2.24, 2.45) is 0 Å². The maximum atomic E-state index is 5.90. The van der Waals surface area contributed by atoms with Crippen molar-refractivity contribution < 1.29 is 0 Å². The van der Waals surface area contributed by atoms with Crippen LogP contribution >= 0.6 is 45.8 Å². The number of aromatic nitrogens is 2. The van der Waals surface area contributed by atoms with Gasteiger partial charge in [0.2, 0.25) is 0 Å². The Morgan fingerprint density at radius 1 is 1.40 bits per heavy atom. The van der Waals surface area contributed by atoms with Gasteiger partial charge in [-0.3, -0.25) is 0 Å². The summed E-state index contributed by atoms with van der Waals surface area (Å²) in [5.74, 6) is 0.423. The molecule has 2 aromatic rings. The summed E-state index contributed by atoms with van der Waals surface area (Å²) in [4.78, 5) is 0. The molecule has 0 aliphatic carbocycles. The molecule has 0 N–H and O–H groups in total. The second-order valence-electron chi connectivity index (χ2n) is 3.01. The van der Waals surface area contributed by atoms with Gasteiger partial charge in [0.1, 0.15) is 0 Å². The summed E-state index contributed by atoms with van der Waals surface area (Å²) in [7, 11) is 0. The Hall–Kier alpha value is -0.260. The molecule has 0 aliphatic heterocycles. The summed E-state index contributed by atoms with van der Waals surface area (Å²) < 4.78 is 2.89. The molecule has 0 bridgehead atoms. The maximum absolute atomic E-state index is 5.90. The van der Waals surface area contributed by atoms with E-state index < -0.39 is 0 Å². The molecular formula is C10H7Cl2IN2. The van der Waals surface area contributed by atoms with Gasteiger partial charge < -0.3 is 0 Å². The highest BCUT2D eigenvalue weighted by molar-refractivity contribution is 14.1. The van der Waals surface area contributed by atoms with Crippen molar-refractivity contribution in [2.75, 3.05) is 0 Å². The molecule has 0 atom stereocenters. The fourth-order valence-corrected chi connectivity index (χ4v) is 2.11. The van der Waals surface area contributed by atoms with Crippen LogP contribution in [0.2, 0.25) is 5.02 Å². The lowest BCUT2D eigenvalue weighted by Crippen LogP contribution is -1.98. The molecule has 2 rings (SSSR count). The molecule has 0 fully saturated rings. The molecule has 1 aromatic heterocycles. The highest BCUT2D eigenvalue weighted by Gasteiger charge is 2.05. The van der Waals surface area contributed by atoms with Gasteiger partial charge in [0.05, 0.1) is 15.5 Å². The van der Waals surface area contributed by atoms with E-state index in [1.54, 1.807) is 10.9 Å². The van der Waals surface area contributed by atoms with E-state index in [-0.39, 0.29) is 0 Å². The highest BCUT2D eigenvalue weighted by Crippen LogP contribution is 2.21. The van der Waals surface area contributed by atoms with E-state index in [1.807, 2.05) is 24.4 Å². The fourth-order valence-electron chi connectivity index (χ4n) is 1.32. The van der Waals surface area contributed by atoms with Gasteiger partial charge >= 0.3 is 0 Å². The lowest BCUT2D eigenvalue weighted by atomic mass is 10.2. The van der Waals surface area contributed by atoms with Gasteiger partial charge in [0.25, 0.3) is 0 Å². The molecule has 0 amide bonds. The minimum Gasteiger partial charge on any atom is -0.240 e. The van der Waals surface area contributed by atoms with Crippen LogP contribution in [-0.4, -0.2) is 9.78 Å². The summed E-state index contributed by atoms with van der Waals surface area (Å²) >= 11 is 14.0. The summed E-state index contributed by atoms with van der Waals surface area (Å²) in [5, 5.41) is 4.92. The van der Waals surface area contributed by atoms with Crippen LogP contribution in [0.5, 0.6) is 0 Å². The summed E-state index contributed by atoms with van der Waals surface area (Å²) in [5.41, 5.74) is 1.95. The Morgan fingerprint density at radius 3 is 2.80 bits per heavy atom. The van der Waals surface area contributed by atoms with Crippen LogP contribution in [-0.2, 0) is 5.88 Å². The third-order valence-electron chi connectivity index (χ3n) is 1.98. The van der Waals surface area contributed by atoms with Gasteiger partial charge in [0.15, 0.2) is 0 Å². The predicted octanol–water partition coefficient (Wildman–Crippen LogP) is 3.87. The maximum Gasteiger partial charge on any atom is 0.0691 e. The van der Waals surface area contributed by atoms with Crippen molar-refractivity contribution in [1.29, 1.82) is 0 Å². The SMILES string of the molecule is ClCc1cc(Cl)ccc1-n1cc(I)cn1. The van der Waals surface area contributed by atoms with Gasteiger partial charge in [0, 0.05) is 17.1 Å². The first-order valence-corrected chi connectivity index (χ1v) is 6.25. The zero-order valence-corrected chi connectivity index (χ0v) is 11.3. The summed E-state index contributed by atoms with van der Waals surface area (Å²) in [6, 6.07) is 5.61. The molecule has 0 unspecified atom stereocenters. The normalized spacial score (nSPS) is 10.6. The molecule has 15 heavy (non-hydrogen) atoms. The summed E-state index contributed by atoms with van der Waals surface area (Å²) in [6.07, 6.45) is 3.74. The van der Waals surface area contributed by atoms with Gasteiger partial charge in [-0.05, 0) is 46.4 Å². The first-order chi connectivity index (χ1) is 7.20. The van der Waals surface area contributed by atoms with Gasteiger partial charge in [-0.25, -0.2) is 4.68 Å². The number of nitrogens with zero attached hydrogens (tertiary/aromatic N) is 2. The molecule has 0 saturated carbocycles. The zero-order valence-electron chi connectivity index (χ0n) is 7.62. The monoisotopic (exact) mass is 352 g/mol. The van der Waals surface area contributed by atoms with E-state index in [9.17, 15) is 0 Å². The van der Waals surface area contributed by atoms with Gasteiger partial charge in [-0.2, -0.15) is 5.10 Å². The molecule has 2 nitrogen and oxygen atoms in total. The van der Waals surface area contributed by atoms with Crippen LogP contribution in [0.1, 0.15) is 5.56 Å². The molecule has 78 valence electrons. The molecule has 5 heteroatoms. The van der Waals surface area contributed by atoms with E-state index in [1.165, 1.54) is 0 Å². The lowest BCUT2D eigenvalue weighted by Gasteiger charge is -2.07. The molecule has 0 spiro atoms. The van der Waals surface area contributed by atoms with E-state index >= 15 is 0 Å². The largest absolute Gasteiger partial charge is 0.240 e. The standard InChI is InChI=1S/C10H7Cl2IN2/c11-4-7-3-8(12)1-2-10(7)15-6-9(13)5-14-15/h1-3,5-6H,4H2. The van der Waals surface area contributed by atoms with Crippen molar-refractivity contribution in [3.05, 3.63) is 44.7 Å². The fraction of sp³-hybridized carbons (Fsp3) is 0.100. The van der Waals surface area contributed by atoms with Crippen LogP contribution in [0.4, 0.5) is 0 Å². The molecule has 0 radical (unpaired) electrons. The van der Waals surface area contributed by atoms with Crippen molar-refractivity contribution in [2.45, 2.75) is 5.88 Å². The average molecular weight is 353 g/mol. The molecular weight excluding hydrogens is 346 g/mol. The van der Waals surface area contributed by atoms with Gasteiger partial charge in [-0.15, -0.1) is 11.6 Å². The number of benzene rings is 1. The van der Waals surface area contributed by atoms with E-state index in [0.717, 1.165) is 14.8 Å². The number of alkyl halides is 1. The van der Waals surface area contributed by atoms with E-state index in [0.29, 0.717) is 10.9 Å². The first kappa shape index (κ1) is 11.2. The second kappa shape index (κ2) is 4.72. The van der Waals surface area contributed by atoms with Crippen molar-refractivity contribution in [3.8, 4) is 5.69 Å². The Balaban J connectivity index is 2.52. The van der Waals surface area contributed by atoms with Crippen LogP contribution in [0.25, 0.3) is 5.69 Å². The van der Waals surface area contributed by atoms with Gasteiger partial charge in [-0.1, -0.05) is 11.6 Å². The number of hydrogen-bond donors (Lipinski definition) is 0. The van der Waals surface area contributed by atoms with Crippen LogP contribution < -0.4 is 0 Å². The smallest absolute Gasteiger partial charge is 0.0691 e. The van der Waals surface area contributed by atoms with Crippen molar-refractivity contribution in [3.63, 3.8) is 0 Å². The Labute approximate surface area is 111 Å². The third-order valence-corrected chi connectivity index (χ3v) is 3.06. The molecule has 0 aliphatic rings. The summed E-state index contributed by atoms with van der Waals surface area (Å²) in [6.45, 7) is 0. The average Bonchev–Trinajstić information content (AvgIpc) is 2.64. The third kappa shape index (κ3) is 2.46. The van der Waals surface area contributed by atoms with Crippen molar-refractivity contribution >= 4 is 45.8 Å². The second-order valence-corrected chi connectivity index (χ2v) is 4.96. The Kier molecular flexibility index (Phi) is 3.53. The first-order valence-electron chi connectivity index (χ1n) is 4.25. The minimum atomic E-state index is 0.423. The van der Waals surface area contributed by atoms with E-state index in [2.05, 4.69) is 27.7 Å².